The van der Waals surface area contributed by atoms with Gasteiger partial charge in [-0.25, -0.2) is 5.43 Å². The molecule has 1 aromatic heterocycles. The number of hydrogen-bond donors (Lipinski definition) is 2. The summed E-state index contributed by atoms with van der Waals surface area (Å²) in [5.74, 6) is 0.779. The van der Waals surface area contributed by atoms with Crippen LogP contribution >= 0.6 is 11.8 Å². The zero-order valence-electron chi connectivity index (χ0n) is 16.7. The first-order valence-electron chi connectivity index (χ1n) is 8.86. The van der Waals surface area contributed by atoms with E-state index in [0.717, 1.165) is 16.5 Å². The molecule has 0 aliphatic rings. The molecule has 156 valence electrons. The number of benzene rings is 2. The van der Waals surface area contributed by atoms with Gasteiger partial charge in [-0.05, 0) is 29.8 Å². The van der Waals surface area contributed by atoms with Crippen molar-refractivity contribution in [3.63, 3.8) is 0 Å². The molecule has 0 aliphatic carbocycles. The smallest absolute Gasteiger partial charge is 0.271 e. The lowest BCUT2D eigenvalue weighted by molar-refractivity contribution is 0.0955. The lowest BCUT2D eigenvalue weighted by Crippen LogP contribution is -2.17. The van der Waals surface area contributed by atoms with E-state index >= 15 is 0 Å². The van der Waals surface area contributed by atoms with Crippen LogP contribution in [0, 0.1) is 0 Å². The molecule has 0 fully saturated rings. The third-order valence-electron chi connectivity index (χ3n) is 4.14. The van der Waals surface area contributed by atoms with Crippen molar-refractivity contribution in [1.29, 1.82) is 0 Å². The Morgan fingerprint density at radius 3 is 2.47 bits per heavy atom. The molecule has 1 heterocycles. The zero-order chi connectivity index (χ0) is 21.5. The van der Waals surface area contributed by atoms with Gasteiger partial charge in [0.1, 0.15) is 6.33 Å². The minimum absolute atomic E-state index is 0.0985. The number of phenols is 1. The monoisotopic (exact) mass is 427 g/mol. The molecule has 0 atom stereocenters. The molecule has 0 unspecified atom stereocenters. The summed E-state index contributed by atoms with van der Waals surface area (Å²) in [4.78, 5) is 12.3. The van der Waals surface area contributed by atoms with Crippen LogP contribution < -0.4 is 14.9 Å². The number of ether oxygens (including phenoxy) is 2. The molecule has 9 nitrogen and oxygen atoms in total. The maximum atomic E-state index is 12.3. The average Bonchev–Trinajstić information content (AvgIpc) is 3.18. The van der Waals surface area contributed by atoms with Gasteiger partial charge in [0.2, 0.25) is 5.75 Å². The highest BCUT2D eigenvalue weighted by atomic mass is 32.2. The van der Waals surface area contributed by atoms with Gasteiger partial charge in [-0.15, -0.1) is 10.2 Å². The van der Waals surface area contributed by atoms with Gasteiger partial charge in [-0.1, -0.05) is 23.9 Å². The first kappa shape index (κ1) is 21.2. The number of methoxy groups -OCH3 is 2. The Kier molecular flexibility index (Phi) is 6.91. The predicted molar refractivity (Wildman–Crippen MR) is 113 cm³/mol. The number of hydrazone groups is 1. The van der Waals surface area contributed by atoms with Crippen LogP contribution in [0.25, 0.3) is 0 Å². The van der Waals surface area contributed by atoms with Crippen molar-refractivity contribution < 1.29 is 19.4 Å². The Labute approximate surface area is 177 Å². The molecule has 0 saturated carbocycles. The molecular weight excluding hydrogens is 406 g/mol. The molecule has 0 radical (unpaired) electrons. The second-order valence-corrected chi connectivity index (χ2v) is 7.13. The van der Waals surface area contributed by atoms with E-state index in [1.54, 1.807) is 42.4 Å². The maximum Gasteiger partial charge on any atom is 0.271 e. The van der Waals surface area contributed by atoms with Crippen molar-refractivity contribution in [3.05, 3.63) is 59.4 Å². The minimum atomic E-state index is -0.337. The minimum Gasteiger partial charge on any atom is -0.502 e. The largest absolute Gasteiger partial charge is 0.502 e. The summed E-state index contributed by atoms with van der Waals surface area (Å²) < 4.78 is 12.0. The maximum absolute atomic E-state index is 12.3. The van der Waals surface area contributed by atoms with E-state index in [0.29, 0.717) is 11.1 Å². The summed E-state index contributed by atoms with van der Waals surface area (Å²) in [5.41, 5.74) is 4.62. The Balaban J connectivity index is 1.59. The van der Waals surface area contributed by atoms with Crippen molar-refractivity contribution in [1.82, 2.24) is 20.2 Å². The molecule has 0 saturated heterocycles. The zero-order valence-corrected chi connectivity index (χ0v) is 17.5. The molecule has 30 heavy (non-hydrogen) atoms. The van der Waals surface area contributed by atoms with Gasteiger partial charge in [-0.3, -0.25) is 4.79 Å². The highest BCUT2D eigenvalue weighted by molar-refractivity contribution is 7.98. The molecule has 2 aromatic carbocycles. The number of rotatable bonds is 8. The molecule has 3 aromatic rings. The van der Waals surface area contributed by atoms with Crippen LogP contribution in [-0.2, 0) is 12.8 Å². The summed E-state index contributed by atoms with van der Waals surface area (Å²) in [6.45, 7) is 0. The van der Waals surface area contributed by atoms with E-state index < -0.39 is 0 Å². The lowest BCUT2D eigenvalue weighted by atomic mass is 10.1. The number of carbonyl (C=O) groups is 1. The van der Waals surface area contributed by atoms with E-state index in [-0.39, 0.29) is 23.2 Å². The quantitative estimate of drug-likeness (QED) is 0.323. The molecule has 0 aliphatic heterocycles. The number of thioether (sulfide) groups is 1. The molecule has 10 heteroatoms. The summed E-state index contributed by atoms with van der Waals surface area (Å²) >= 11 is 1.57. The Morgan fingerprint density at radius 2 is 1.90 bits per heavy atom. The van der Waals surface area contributed by atoms with Crippen molar-refractivity contribution in [2.24, 2.45) is 12.1 Å². The number of nitrogens with zero attached hydrogens (tertiary/aromatic N) is 4. The predicted octanol–water partition coefficient (Wildman–Crippen LogP) is 2.59. The SMILES string of the molecule is COc1cc(C=NNC(=O)c2ccc(CSc3nncn3C)cc2)cc(OC)c1O. The van der Waals surface area contributed by atoms with E-state index in [1.165, 1.54) is 20.4 Å². The Hall–Kier alpha value is -3.53. The van der Waals surface area contributed by atoms with E-state index in [4.69, 9.17) is 9.47 Å². The fourth-order valence-corrected chi connectivity index (χ4v) is 3.37. The number of aryl methyl sites for hydroxylation is 1. The number of amides is 1. The first-order valence-corrected chi connectivity index (χ1v) is 9.84. The molecule has 1 amide bonds. The second-order valence-electron chi connectivity index (χ2n) is 6.18. The van der Waals surface area contributed by atoms with Gasteiger partial charge in [0.25, 0.3) is 5.91 Å². The van der Waals surface area contributed by atoms with Gasteiger partial charge in [0.05, 0.1) is 20.4 Å². The number of nitrogens with one attached hydrogen (secondary N) is 1. The molecule has 3 rings (SSSR count). The number of aromatic hydroxyl groups is 1. The summed E-state index contributed by atoms with van der Waals surface area (Å²) in [6, 6.07) is 10.4. The van der Waals surface area contributed by atoms with Gasteiger partial charge >= 0.3 is 0 Å². The summed E-state index contributed by atoms with van der Waals surface area (Å²) in [6.07, 6.45) is 3.09. The summed E-state index contributed by atoms with van der Waals surface area (Å²) in [5, 5.41) is 22.6. The molecule has 2 N–H and O–H groups in total. The highest BCUT2D eigenvalue weighted by Crippen LogP contribution is 2.36. The number of hydrogen-bond acceptors (Lipinski definition) is 8. The second kappa shape index (κ2) is 9.79. The van der Waals surface area contributed by atoms with E-state index in [1.807, 2.05) is 23.7 Å². The first-order chi connectivity index (χ1) is 14.5. The molecular formula is C20H21N5O4S. The van der Waals surface area contributed by atoms with Crippen molar-refractivity contribution in [3.8, 4) is 17.2 Å². The molecule has 0 spiro atoms. The van der Waals surface area contributed by atoms with Gasteiger partial charge < -0.3 is 19.1 Å². The fraction of sp³-hybridized carbons (Fsp3) is 0.200. The Morgan fingerprint density at radius 1 is 1.23 bits per heavy atom. The number of phenolic OH excluding ortho intramolecular Hbond substituents is 1. The average molecular weight is 427 g/mol. The van der Waals surface area contributed by atoms with Crippen LogP contribution in [0.4, 0.5) is 0 Å². The van der Waals surface area contributed by atoms with Gasteiger partial charge in [0, 0.05) is 23.9 Å². The van der Waals surface area contributed by atoms with Crippen molar-refractivity contribution >= 4 is 23.9 Å². The third-order valence-corrected chi connectivity index (χ3v) is 5.24. The van der Waals surface area contributed by atoms with Gasteiger partial charge in [-0.2, -0.15) is 5.10 Å². The highest BCUT2D eigenvalue weighted by Gasteiger charge is 2.10. The van der Waals surface area contributed by atoms with Crippen molar-refractivity contribution in [2.75, 3.05) is 14.2 Å². The fourth-order valence-electron chi connectivity index (χ4n) is 2.52. The number of aromatic nitrogens is 3. The summed E-state index contributed by atoms with van der Waals surface area (Å²) in [7, 11) is 4.76. The van der Waals surface area contributed by atoms with Crippen LogP contribution in [0.3, 0.4) is 0 Å². The third kappa shape index (κ3) is 5.09. The standard InChI is InChI=1S/C20H21N5O4S/c1-25-12-22-24-20(25)30-11-13-4-6-15(7-5-13)19(27)23-21-10-14-8-16(28-2)18(26)17(9-14)29-3/h4-10,12,26H,11H2,1-3H3,(H,23,27). The topological polar surface area (TPSA) is 111 Å². The van der Waals surface area contributed by atoms with E-state index in [9.17, 15) is 9.90 Å². The lowest BCUT2D eigenvalue weighted by Gasteiger charge is -2.09. The van der Waals surface area contributed by atoms with Gasteiger partial charge in [0.15, 0.2) is 16.7 Å². The van der Waals surface area contributed by atoms with Crippen LogP contribution in [0.15, 0.2) is 53.0 Å². The van der Waals surface area contributed by atoms with E-state index in [2.05, 4.69) is 20.7 Å². The molecule has 0 bridgehead atoms. The van der Waals surface area contributed by atoms with Crippen LogP contribution in [0.2, 0.25) is 0 Å². The Bertz CT molecular complexity index is 1020. The van der Waals surface area contributed by atoms with Crippen LogP contribution in [-0.4, -0.2) is 46.2 Å². The normalized spacial score (nSPS) is 10.9. The number of carbonyl (C=O) groups excluding carboxylic acids is 1. The van der Waals surface area contributed by atoms with Crippen LogP contribution in [0.1, 0.15) is 21.5 Å². The van der Waals surface area contributed by atoms with Crippen molar-refractivity contribution in [2.45, 2.75) is 10.9 Å². The van der Waals surface area contributed by atoms with Crippen LogP contribution in [0.5, 0.6) is 17.2 Å².